The van der Waals surface area contributed by atoms with Gasteiger partial charge in [-0.25, -0.2) is 18.4 Å². The SMILES string of the molecule is CC(C)(C)OC(=O)NC1CC(NC(=O)OC(C)(C)C)CC(F)(F)C1. The van der Waals surface area contributed by atoms with E-state index >= 15 is 0 Å². The number of carbonyl (C=O) groups is 2. The van der Waals surface area contributed by atoms with Gasteiger partial charge in [0.1, 0.15) is 11.2 Å². The average molecular weight is 350 g/mol. The standard InChI is InChI=1S/C16H28F2N2O4/c1-14(2,3)23-12(21)19-10-7-11(9-16(17,18)8-10)20-13(22)24-15(4,5)6/h10-11H,7-9H2,1-6H3,(H,19,21)(H,20,22). The van der Waals surface area contributed by atoms with Gasteiger partial charge in [0.05, 0.1) is 0 Å². The molecule has 0 heterocycles. The van der Waals surface area contributed by atoms with E-state index in [0.717, 1.165) is 0 Å². The highest BCUT2D eigenvalue weighted by molar-refractivity contribution is 5.69. The van der Waals surface area contributed by atoms with Gasteiger partial charge in [0.2, 0.25) is 0 Å². The van der Waals surface area contributed by atoms with Crippen LogP contribution in [0.15, 0.2) is 0 Å². The van der Waals surface area contributed by atoms with Gasteiger partial charge in [-0.3, -0.25) is 0 Å². The van der Waals surface area contributed by atoms with Crippen LogP contribution in [0.2, 0.25) is 0 Å². The van der Waals surface area contributed by atoms with Gasteiger partial charge in [-0.2, -0.15) is 0 Å². The second kappa shape index (κ2) is 7.11. The van der Waals surface area contributed by atoms with Crippen molar-refractivity contribution in [2.45, 2.75) is 90.0 Å². The maximum absolute atomic E-state index is 13.9. The summed E-state index contributed by atoms with van der Waals surface area (Å²) in [6.07, 6.45) is -2.28. The number of carbonyl (C=O) groups excluding carboxylic acids is 2. The molecule has 24 heavy (non-hydrogen) atoms. The third-order valence-corrected chi connectivity index (χ3v) is 3.10. The van der Waals surface area contributed by atoms with Crippen LogP contribution in [0.25, 0.3) is 0 Å². The Morgan fingerprint density at radius 1 is 0.875 bits per heavy atom. The van der Waals surface area contributed by atoms with Crippen LogP contribution in [-0.4, -0.2) is 41.4 Å². The molecule has 140 valence electrons. The molecular weight excluding hydrogens is 322 g/mol. The molecule has 0 aliphatic heterocycles. The van der Waals surface area contributed by atoms with Crippen LogP contribution in [0, 0.1) is 0 Å². The lowest BCUT2D eigenvalue weighted by molar-refractivity contribution is -0.0554. The zero-order valence-corrected chi connectivity index (χ0v) is 15.2. The fourth-order valence-electron chi connectivity index (χ4n) is 2.48. The Bertz CT molecular complexity index is 430. The molecule has 0 aromatic heterocycles. The molecule has 0 bridgehead atoms. The zero-order chi connectivity index (χ0) is 18.8. The summed E-state index contributed by atoms with van der Waals surface area (Å²) in [5.41, 5.74) is -1.43. The van der Waals surface area contributed by atoms with Gasteiger partial charge in [0.25, 0.3) is 5.92 Å². The Kier molecular flexibility index (Phi) is 6.05. The Morgan fingerprint density at radius 2 is 1.21 bits per heavy atom. The lowest BCUT2D eigenvalue weighted by atomic mass is 9.88. The van der Waals surface area contributed by atoms with Crippen molar-refractivity contribution in [2.75, 3.05) is 0 Å². The van der Waals surface area contributed by atoms with Crippen LogP contribution in [0.3, 0.4) is 0 Å². The third-order valence-electron chi connectivity index (χ3n) is 3.10. The first-order chi connectivity index (χ1) is 10.7. The summed E-state index contributed by atoms with van der Waals surface area (Å²) in [5, 5.41) is 4.90. The van der Waals surface area contributed by atoms with Gasteiger partial charge in [-0.15, -0.1) is 0 Å². The number of rotatable bonds is 2. The molecule has 0 radical (unpaired) electrons. The molecular formula is C16H28F2N2O4. The van der Waals surface area contributed by atoms with Crippen LogP contribution in [0.5, 0.6) is 0 Å². The predicted molar refractivity (Wildman–Crippen MR) is 85.1 cm³/mol. The molecule has 1 rings (SSSR count). The van der Waals surface area contributed by atoms with Crippen LogP contribution >= 0.6 is 0 Å². The molecule has 1 fully saturated rings. The van der Waals surface area contributed by atoms with Crippen molar-refractivity contribution < 1.29 is 27.8 Å². The minimum absolute atomic E-state index is 0.189. The Balaban J connectivity index is 2.63. The summed E-state index contributed by atoms with van der Waals surface area (Å²) in [6, 6.07) is -1.58. The van der Waals surface area contributed by atoms with Gasteiger partial charge in [0, 0.05) is 24.9 Å². The fourth-order valence-corrected chi connectivity index (χ4v) is 2.48. The van der Waals surface area contributed by atoms with Crippen LogP contribution in [0.1, 0.15) is 60.8 Å². The molecule has 1 aliphatic rings. The molecule has 0 saturated heterocycles. The van der Waals surface area contributed by atoms with E-state index in [-0.39, 0.29) is 6.42 Å². The molecule has 2 atom stereocenters. The van der Waals surface area contributed by atoms with E-state index in [1.807, 2.05) is 0 Å². The number of alkyl halides is 2. The largest absolute Gasteiger partial charge is 0.444 e. The second-order valence-electron chi connectivity index (χ2n) is 8.19. The summed E-state index contributed by atoms with van der Waals surface area (Å²) < 4.78 is 38.0. The van der Waals surface area contributed by atoms with Gasteiger partial charge in [-0.1, -0.05) is 0 Å². The maximum Gasteiger partial charge on any atom is 0.407 e. The van der Waals surface area contributed by atoms with Crippen molar-refractivity contribution in [1.29, 1.82) is 0 Å². The van der Waals surface area contributed by atoms with Crippen LogP contribution < -0.4 is 10.6 Å². The van der Waals surface area contributed by atoms with E-state index in [0.29, 0.717) is 0 Å². The Hall–Kier alpha value is -1.60. The molecule has 2 amide bonds. The maximum atomic E-state index is 13.9. The number of alkyl carbamates (subject to hydrolysis) is 2. The first-order valence-electron chi connectivity index (χ1n) is 8.02. The quantitative estimate of drug-likeness (QED) is 0.798. The molecule has 0 aromatic rings. The van der Waals surface area contributed by atoms with Crippen molar-refractivity contribution in [2.24, 2.45) is 0 Å². The van der Waals surface area contributed by atoms with Crippen LogP contribution in [0.4, 0.5) is 18.4 Å². The average Bonchev–Trinajstić information content (AvgIpc) is 2.18. The predicted octanol–water partition coefficient (Wildman–Crippen LogP) is 3.59. The van der Waals surface area contributed by atoms with E-state index in [2.05, 4.69) is 10.6 Å². The normalized spacial score (nSPS) is 24.0. The first-order valence-corrected chi connectivity index (χ1v) is 8.02. The zero-order valence-electron chi connectivity index (χ0n) is 15.2. The van der Waals surface area contributed by atoms with Gasteiger partial charge in [0.15, 0.2) is 0 Å². The molecule has 0 aromatic carbocycles. The van der Waals surface area contributed by atoms with Gasteiger partial charge in [-0.05, 0) is 48.0 Å². The summed E-state index contributed by atoms with van der Waals surface area (Å²) >= 11 is 0. The number of hydrogen-bond donors (Lipinski definition) is 2. The lowest BCUT2D eigenvalue weighted by Crippen LogP contribution is -2.52. The van der Waals surface area contributed by atoms with E-state index in [1.54, 1.807) is 41.5 Å². The summed E-state index contributed by atoms with van der Waals surface area (Å²) in [5.74, 6) is -2.99. The fraction of sp³-hybridized carbons (Fsp3) is 0.875. The van der Waals surface area contributed by atoms with E-state index < -0.39 is 54.2 Å². The monoisotopic (exact) mass is 350 g/mol. The minimum Gasteiger partial charge on any atom is -0.444 e. The van der Waals surface area contributed by atoms with Crippen molar-refractivity contribution in [1.82, 2.24) is 10.6 Å². The topological polar surface area (TPSA) is 76.7 Å². The van der Waals surface area contributed by atoms with E-state index in [1.165, 1.54) is 0 Å². The first kappa shape index (κ1) is 20.4. The van der Waals surface area contributed by atoms with E-state index in [9.17, 15) is 18.4 Å². The van der Waals surface area contributed by atoms with Crippen LogP contribution in [-0.2, 0) is 9.47 Å². The highest BCUT2D eigenvalue weighted by atomic mass is 19.3. The van der Waals surface area contributed by atoms with Crippen molar-refractivity contribution in [3.63, 3.8) is 0 Å². The van der Waals surface area contributed by atoms with Crippen molar-refractivity contribution >= 4 is 12.2 Å². The van der Waals surface area contributed by atoms with Gasteiger partial charge >= 0.3 is 12.2 Å². The highest BCUT2D eigenvalue weighted by Crippen LogP contribution is 2.33. The molecule has 1 saturated carbocycles. The number of ether oxygens (including phenoxy) is 2. The smallest absolute Gasteiger partial charge is 0.407 e. The van der Waals surface area contributed by atoms with Gasteiger partial charge < -0.3 is 20.1 Å². The molecule has 2 unspecified atom stereocenters. The molecule has 6 nitrogen and oxygen atoms in total. The van der Waals surface area contributed by atoms with E-state index in [4.69, 9.17) is 9.47 Å². The second-order valence-corrected chi connectivity index (χ2v) is 8.19. The highest BCUT2D eigenvalue weighted by Gasteiger charge is 2.43. The molecule has 1 aliphatic carbocycles. The minimum atomic E-state index is -2.99. The Morgan fingerprint density at radius 3 is 1.50 bits per heavy atom. The summed E-state index contributed by atoms with van der Waals surface area (Å²) in [4.78, 5) is 23.5. The Labute approximate surface area is 141 Å². The summed E-state index contributed by atoms with van der Waals surface area (Å²) in [6.45, 7) is 10.1. The van der Waals surface area contributed by atoms with Crippen molar-refractivity contribution in [3.05, 3.63) is 0 Å². The number of nitrogens with one attached hydrogen (secondary N) is 2. The molecule has 2 N–H and O–H groups in total. The number of hydrogen-bond acceptors (Lipinski definition) is 4. The molecule has 8 heteroatoms. The summed E-state index contributed by atoms with van der Waals surface area (Å²) in [7, 11) is 0. The number of amides is 2. The van der Waals surface area contributed by atoms with Crippen molar-refractivity contribution in [3.8, 4) is 0 Å². The third kappa shape index (κ3) is 8.31. The number of halogens is 2. The lowest BCUT2D eigenvalue weighted by Gasteiger charge is -2.36. The molecule has 0 spiro atoms.